The summed E-state index contributed by atoms with van der Waals surface area (Å²) >= 11 is 0. The maximum absolute atomic E-state index is 12.5. The number of nitrogens with zero attached hydrogens (tertiary/aromatic N) is 5. The number of aromatic nitrogens is 3. The van der Waals surface area contributed by atoms with Crippen molar-refractivity contribution in [1.82, 2.24) is 25.2 Å². The molecular formula is C28H31N7O5. The van der Waals surface area contributed by atoms with Crippen LogP contribution in [0.5, 0.6) is 11.6 Å². The number of carbonyl (C=O) groups is 2. The van der Waals surface area contributed by atoms with Crippen LogP contribution in [0.25, 0.3) is 11.4 Å². The topological polar surface area (TPSA) is 131 Å². The smallest absolute Gasteiger partial charge is 0.415 e. The molecule has 12 nitrogen and oxygen atoms in total. The molecule has 2 amide bonds. The van der Waals surface area contributed by atoms with E-state index in [1.807, 2.05) is 36.4 Å². The maximum Gasteiger partial charge on any atom is 0.415 e. The van der Waals surface area contributed by atoms with Crippen molar-refractivity contribution in [1.29, 1.82) is 0 Å². The molecule has 208 valence electrons. The second-order valence-corrected chi connectivity index (χ2v) is 10.1. The average Bonchev–Trinajstić information content (AvgIpc) is 3.55. The van der Waals surface area contributed by atoms with Gasteiger partial charge in [-0.15, -0.1) is 0 Å². The largest absolute Gasteiger partial charge is 0.480 e. The Morgan fingerprint density at radius 3 is 2.75 bits per heavy atom. The summed E-state index contributed by atoms with van der Waals surface area (Å²) in [5.41, 5.74) is 2.44. The summed E-state index contributed by atoms with van der Waals surface area (Å²) in [6, 6.07) is 15.0. The Bertz CT molecular complexity index is 1400. The number of carbonyl (C=O) groups excluding carboxylic acids is 2. The molecule has 2 fully saturated rings. The Morgan fingerprint density at radius 2 is 1.90 bits per heavy atom. The fourth-order valence-corrected chi connectivity index (χ4v) is 4.95. The lowest BCUT2D eigenvalue weighted by molar-refractivity contribution is -0.118. The van der Waals surface area contributed by atoms with Gasteiger partial charge in [0, 0.05) is 25.7 Å². The number of hydrogen-bond acceptors (Lipinski definition) is 10. The van der Waals surface area contributed by atoms with Gasteiger partial charge in [0.15, 0.2) is 18.2 Å². The molecule has 0 unspecified atom stereocenters. The molecule has 3 aromatic rings. The van der Waals surface area contributed by atoms with Gasteiger partial charge in [0.05, 0.1) is 23.6 Å². The fraction of sp³-hybridized carbons (Fsp3) is 0.393. The normalized spacial score (nSPS) is 20.6. The van der Waals surface area contributed by atoms with E-state index in [4.69, 9.17) is 19.2 Å². The zero-order valence-corrected chi connectivity index (χ0v) is 22.2. The third-order valence-corrected chi connectivity index (χ3v) is 6.99. The highest BCUT2D eigenvalue weighted by Gasteiger charge is 2.33. The van der Waals surface area contributed by atoms with Gasteiger partial charge in [0.25, 0.3) is 5.91 Å². The molecule has 0 bridgehead atoms. The molecule has 0 aromatic carbocycles. The molecule has 0 saturated carbocycles. The van der Waals surface area contributed by atoms with Crippen molar-refractivity contribution < 1.29 is 23.8 Å². The number of amides is 2. The number of nitrogens with one attached hydrogen (secondary N) is 2. The molecule has 12 heteroatoms. The zero-order valence-electron chi connectivity index (χ0n) is 22.2. The van der Waals surface area contributed by atoms with Crippen molar-refractivity contribution in [2.24, 2.45) is 0 Å². The van der Waals surface area contributed by atoms with E-state index in [2.05, 4.69) is 32.5 Å². The molecule has 3 aliphatic rings. The Labute approximate surface area is 231 Å². The van der Waals surface area contributed by atoms with Crippen LogP contribution in [0.3, 0.4) is 0 Å². The number of likely N-dealkylation sites (N-methyl/N-ethyl adjacent to an activating group) is 1. The van der Waals surface area contributed by atoms with Crippen LogP contribution in [0.15, 0.2) is 48.5 Å². The predicted molar refractivity (Wildman–Crippen MR) is 146 cm³/mol. The minimum absolute atomic E-state index is 0.0493. The van der Waals surface area contributed by atoms with Gasteiger partial charge in [0.2, 0.25) is 5.88 Å². The molecule has 6 rings (SSSR count). The number of rotatable bonds is 9. The van der Waals surface area contributed by atoms with Crippen LogP contribution in [0.4, 0.5) is 16.4 Å². The molecule has 0 spiro atoms. The number of cyclic esters (lactones) is 1. The second kappa shape index (κ2) is 11.4. The molecular weight excluding hydrogens is 514 g/mol. The van der Waals surface area contributed by atoms with E-state index in [0.29, 0.717) is 49.3 Å². The Hall–Kier alpha value is -4.29. The average molecular weight is 546 g/mol. The lowest BCUT2D eigenvalue weighted by Crippen LogP contribution is -2.29. The quantitative estimate of drug-likeness (QED) is 0.387. The van der Waals surface area contributed by atoms with Crippen LogP contribution in [-0.2, 0) is 16.1 Å². The summed E-state index contributed by atoms with van der Waals surface area (Å²) in [6.45, 7) is 3.46. The maximum atomic E-state index is 12.5. The first-order valence-electron chi connectivity index (χ1n) is 13.4. The first kappa shape index (κ1) is 26.0. The van der Waals surface area contributed by atoms with E-state index < -0.39 is 6.09 Å². The summed E-state index contributed by atoms with van der Waals surface area (Å²) in [5, 5.41) is 6.04. The SMILES string of the molecule is CN1CC[C@H](Oc2cccc(-c3cccc(CNCC[C@H]4CN(c5ccc6c(n5)NC(=O)CO6)C(=O)O4)n3)n2)C1. The number of likely N-dealkylation sites (tertiary alicyclic amines) is 1. The second-order valence-electron chi connectivity index (χ2n) is 10.1. The molecule has 2 saturated heterocycles. The van der Waals surface area contributed by atoms with Gasteiger partial charge in [-0.05, 0) is 56.8 Å². The monoisotopic (exact) mass is 545 g/mol. The van der Waals surface area contributed by atoms with Gasteiger partial charge in [-0.2, -0.15) is 0 Å². The molecule has 2 atom stereocenters. The van der Waals surface area contributed by atoms with Crippen LogP contribution < -0.4 is 25.0 Å². The van der Waals surface area contributed by atoms with E-state index >= 15 is 0 Å². The summed E-state index contributed by atoms with van der Waals surface area (Å²) in [4.78, 5) is 41.6. The third-order valence-electron chi connectivity index (χ3n) is 6.99. The van der Waals surface area contributed by atoms with Crippen LogP contribution in [0.1, 0.15) is 18.5 Å². The molecule has 0 aliphatic carbocycles. The fourth-order valence-electron chi connectivity index (χ4n) is 4.95. The van der Waals surface area contributed by atoms with Crippen molar-refractivity contribution in [3.8, 4) is 23.0 Å². The zero-order chi connectivity index (χ0) is 27.5. The number of pyridine rings is 3. The number of hydrogen-bond donors (Lipinski definition) is 2. The first-order chi connectivity index (χ1) is 19.5. The standard InChI is InChI=1S/C28H31N7O5/c1-34-13-11-20(15-34)39-26-7-3-6-22(31-26)21-5-2-4-18(30-21)14-29-12-10-19-16-35(28(37)40-19)24-9-8-23-27(32-24)33-25(36)17-38-23/h2-9,19-20,29H,10-17H2,1H3,(H,32,33,36)/t19-,20-/m0/s1. The van der Waals surface area contributed by atoms with Gasteiger partial charge >= 0.3 is 6.09 Å². The molecule has 0 radical (unpaired) electrons. The van der Waals surface area contributed by atoms with E-state index in [-0.39, 0.29) is 24.7 Å². The Kier molecular flexibility index (Phi) is 7.43. The van der Waals surface area contributed by atoms with Gasteiger partial charge in [-0.25, -0.2) is 19.7 Å². The Morgan fingerprint density at radius 1 is 1.05 bits per heavy atom. The number of ether oxygens (including phenoxy) is 3. The highest BCUT2D eigenvalue weighted by molar-refractivity contribution is 5.95. The van der Waals surface area contributed by atoms with Gasteiger partial charge in [-0.3, -0.25) is 9.69 Å². The van der Waals surface area contributed by atoms with Crippen molar-refractivity contribution in [2.75, 3.05) is 50.1 Å². The van der Waals surface area contributed by atoms with Crippen molar-refractivity contribution in [3.05, 3.63) is 54.2 Å². The highest BCUT2D eigenvalue weighted by atomic mass is 16.6. The van der Waals surface area contributed by atoms with E-state index in [9.17, 15) is 9.59 Å². The van der Waals surface area contributed by atoms with E-state index in [1.54, 1.807) is 12.1 Å². The number of fused-ring (bicyclic) bond motifs is 1. The van der Waals surface area contributed by atoms with E-state index in [1.165, 1.54) is 4.90 Å². The van der Waals surface area contributed by atoms with Gasteiger partial charge in [-0.1, -0.05) is 12.1 Å². The van der Waals surface area contributed by atoms with Crippen molar-refractivity contribution >= 4 is 23.6 Å². The molecule has 2 N–H and O–H groups in total. The lowest BCUT2D eigenvalue weighted by atomic mass is 10.2. The lowest BCUT2D eigenvalue weighted by Gasteiger charge is -2.19. The molecule has 3 aliphatic heterocycles. The Balaban J connectivity index is 0.997. The van der Waals surface area contributed by atoms with Crippen molar-refractivity contribution in [3.63, 3.8) is 0 Å². The minimum Gasteiger partial charge on any atom is -0.480 e. The third kappa shape index (κ3) is 5.97. The predicted octanol–water partition coefficient (Wildman–Crippen LogP) is 2.46. The first-order valence-corrected chi connectivity index (χ1v) is 13.4. The van der Waals surface area contributed by atoms with Gasteiger partial charge in [0.1, 0.15) is 18.0 Å². The summed E-state index contributed by atoms with van der Waals surface area (Å²) < 4.78 is 17.0. The van der Waals surface area contributed by atoms with E-state index in [0.717, 1.165) is 36.6 Å². The molecule has 6 heterocycles. The van der Waals surface area contributed by atoms with Gasteiger partial charge < -0.3 is 29.7 Å². The molecule has 3 aromatic heterocycles. The summed E-state index contributed by atoms with van der Waals surface area (Å²) in [5.74, 6) is 1.52. The summed E-state index contributed by atoms with van der Waals surface area (Å²) in [6.07, 6.45) is 1.04. The molecule has 40 heavy (non-hydrogen) atoms. The summed E-state index contributed by atoms with van der Waals surface area (Å²) in [7, 11) is 2.10. The number of anilines is 2. The highest BCUT2D eigenvalue weighted by Crippen LogP contribution is 2.30. The van der Waals surface area contributed by atoms with Crippen molar-refractivity contribution in [2.45, 2.75) is 31.6 Å². The van der Waals surface area contributed by atoms with Crippen LogP contribution in [0, 0.1) is 0 Å². The minimum atomic E-state index is -0.464. The van der Waals surface area contributed by atoms with Crippen LogP contribution in [-0.4, -0.2) is 83.9 Å². The van der Waals surface area contributed by atoms with Crippen LogP contribution in [0.2, 0.25) is 0 Å². The van der Waals surface area contributed by atoms with Crippen LogP contribution >= 0.6 is 0 Å².